The third-order valence-corrected chi connectivity index (χ3v) is 4.89. The van der Waals surface area contributed by atoms with Crippen molar-refractivity contribution in [1.82, 2.24) is 0 Å². The summed E-state index contributed by atoms with van der Waals surface area (Å²) in [6.07, 6.45) is 6.69. The van der Waals surface area contributed by atoms with Crippen LogP contribution in [0.3, 0.4) is 0 Å². The van der Waals surface area contributed by atoms with Gasteiger partial charge in [-0.05, 0) is 31.2 Å². The molecule has 0 heterocycles. The zero-order chi connectivity index (χ0) is 14.5. The Balaban J connectivity index is 2.26. The summed E-state index contributed by atoms with van der Waals surface area (Å²) >= 11 is 1.82. The zero-order valence-corrected chi connectivity index (χ0v) is 12.3. The van der Waals surface area contributed by atoms with E-state index in [0.717, 1.165) is 19.3 Å². The summed E-state index contributed by atoms with van der Waals surface area (Å²) < 4.78 is 0. The highest BCUT2D eigenvalue weighted by atomic mass is 32.2. The smallest absolute Gasteiger partial charge is 0.316 e. The van der Waals surface area contributed by atoms with Gasteiger partial charge in [-0.25, -0.2) is 0 Å². The van der Waals surface area contributed by atoms with Gasteiger partial charge in [-0.3, -0.25) is 16.0 Å². The van der Waals surface area contributed by atoms with Crippen LogP contribution in [0.25, 0.3) is 0 Å². The number of nitrogens with one attached hydrogen (secondary N) is 2. The first-order chi connectivity index (χ1) is 9.67. The lowest BCUT2D eigenvalue weighted by Gasteiger charge is -2.31. The number of hydrogen-bond donors (Lipinski definition) is 3. The molecule has 0 spiro atoms. The Labute approximate surface area is 122 Å². The molecule has 110 valence electrons. The molecule has 1 fully saturated rings. The minimum Gasteiger partial charge on any atom is -0.376 e. The average Bonchev–Trinajstić information content (AvgIpc) is 2.47. The molecule has 2 atom stereocenters. The maximum absolute atomic E-state index is 11.3. The van der Waals surface area contributed by atoms with Crippen LogP contribution in [0.1, 0.15) is 25.7 Å². The van der Waals surface area contributed by atoms with E-state index in [-0.39, 0.29) is 11.7 Å². The molecule has 0 saturated heterocycles. The third kappa shape index (κ3) is 3.16. The van der Waals surface area contributed by atoms with Gasteiger partial charge in [-0.2, -0.15) is 11.8 Å². The van der Waals surface area contributed by atoms with Crippen LogP contribution in [0.2, 0.25) is 0 Å². The van der Waals surface area contributed by atoms with Gasteiger partial charge in [-0.15, -0.1) is 0 Å². The predicted molar refractivity (Wildman–Crippen MR) is 84.1 cm³/mol. The number of benzene rings is 1. The van der Waals surface area contributed by atoms with Crippen molar-refractivity contribution in [2.45, 2.75) is 37.0 Å². The van der Waals surface area contributed by atoms with Crippen molar-refractivity contribution < 1.29 is 4.92 Å². The SMILES string of the molecule is CSC1CCCCC1Nc1cccc(NN)c1[N+](=O)[O-]. The molecule has 1 saturated carbocycles. The van der Waals surface area contributed by atoms with Crippen molar-refractivity contribution in [1.29, 1.82) is 0 Å². The van der Waals surface area contributed by atoms with Crippen LogP contribution < -0.4 is 16.6 Å². The van der Waals surface area contributed by atoms with Crippen LogP contribution in [0.4, 0.5) is 17.1 Å². The second-order valence-electron chi connectivity index (χ2n) is 4.91. The van der Waals surface area contributed by atoms with Crippen LogP contribution in [-0.2, 0) is 0 Å². The average molecular weight is 296 g/mol. The Morgan fingerprint density at radius 1 is 1.35 bits per heavy atom. The summed E-state index contributed by atoms with van der Waals surface area (Å²) in [5.74, 6) is 5.36. The Kier molecular flexibility index (Phi) is 5.08. The highest BCUT2D eigenvalue weighted by Gasteiger charge is 2.27. The number of nitro benzene ring substituents is 1. The summed E-state index contributed by atoms with van der Waals surface area (Å²) in [6.45, 7) is 0. The maximum Gasteiger partial charge on any atom is 0.316 e. The zero-order valence-electron chi connectivity index (χ0n) is 11.5. The fraction of sp³-hybridized carbons (Fsp3) is 0.538. The standard InChI is InChI=1S/C13H20N4O2S/c1-20-12-8-3-2-5-9(12)15-10-6-4-7-11(16-14)13(10)17(18)19/h4,6-7,9,12,15-16H,2-3,5,8,14H2,1H3. The van der Waals surface area contributed by atoms with Gasteiger partial charge in [0.1, 0.15) is 11.4 Å². The number of nitrogen functional groups attached to an aromatic ring is 1. The van der Waals surface area contributed by atoms with Gasteiger partial charge < -0.3 is 10.7 Å². The van der Waals surface area contributed by atoms with Crippen molar-refractivity contribution >= 4 is 28.8 Å². The molecule has 7 heteroatoms. The van der Waals surface area contributed by atoms with Crippen molar-refractivity contribution in [3.8, 4) is 0 Å². The number of nitrogens with two attached hydrogens (primary N) is 1. The molecule has 2 unspecified atom stereocenters. The second-order valence-corrected chi connectivity index (χ2v) is 5.99. The molecule has 0 aliphatic heterocycles. The molecule has 1 aromatic carbocycles. The maximum atomic E-state index is 11.3. The minimum absolute atomic E-state index is 0.0143. The summed E-state index contributed by atoms with van der Waals surface area (Å²) in [6, 6.07) is 5.38. The fourth-order valence-corrected chi connectivity index (χ4v) is 3.65. The van der Waals surface area contributed by atoms with E-state index >= 15 is 0 Å². The molecule has 0 aromatic heterocycles. The van der Waals surface area contributed by atoms with E-state index in [9.17, 15) is 10.1 Å². The van der Waals surface area contributed by atoms with E-state index in [0.29, 0.717) is 16.6 Å². The topological polar surface area (TPSA) is 93.2 Å². The van der Waals surface area contributed by atoms with Gasteiger partial charge in [0.05, 0.1) is 4.92 Å². The van der Waals surface area contributed by atoms with E-state index in [2.05, 4.69) is 17.0 Å². The molecule has 4 N–H and O–H groups in total. The van der Waals surface area contributed by atoms with Gasteiger partial charge in [0.15, 0.2) is 0 Å². The normalized spacial score (nSPS) is 22.3. The quantitative estimate of drug-likeness (QED) is 0.439. The molecule has 1 aliphatic rings. The largest absolute Gasteiger partial charge is 0.376 e. The molecule has 0 radical (unpaired) electrons. The number of anilines is 2. The first-order valence-electron chi connectivity index (χ1n) is 6.70. The fourth-order valence-electron chi connectivity index (χ4n) is 2.72. The van der Waals surface area contributed by atoms with Gasteiger partial charge in [0.25, 0.3) is 0 Å². The Morgan fingerprint density at radius 3 is 2.70 bits per heavy atom. The van der Waals surface area contributed by atoms with Crippen molar-refractivity contribution in [3.05, 3.63) is 28.3 Å². The number of nitro groups is 1. The number of thioether (sulfide) groups is 1. The molecular weight excluding hydrogens is 276 g/mol. The minimum atomic E-state index is -0.394. The molecule has 1 aromatic rings. The van der Waals surface area contributed by atoms with Crippen LogP contribution in [0, 0.1) is 10.1 Å². The Morgan fingerprint density at radius 2 is 2.05 bits per heavy atom. The first-order valence-corrected chi connectivity index (χ1v) is 7.99. The number of para-hydroxylation sites is 1. The number of hydrazine groups is 1. The lowest BCUT2D eigenvalue weighted by Crippen LogP contribution is -2.34. The molecule has 1 aliphatic carbocycles. The second kappa shape index (κ2) is 6.81. The van der Waals surface area contributed by atoms with Crippen LogP contribution in [0.15, 0.2) is 18.2 Å². The lowest BCUT2D eigenvalue weighted by atomic mass is 9.94. The van der Waals surface area contributed by atoms with E-state index in [4.69, 9.17) is 5.84 Å². The van der Waals surface area contributed by atoms with Gasteiger partial charge in [0, 0.05) is 11.3 Å². The molecule has 6 nitrogen and oxygen atoms in total. The molecule has 20 heavy (non-hydrogen) atoms. The van der Waals surface area contributed by atoms with Crippen molar-refractivity contribution in [2.24, 2.45) is 5.84 Å². The van der Waals surface area contributed by atoms with E-state index in [1.165, 1.54) is 6.42 Å². The molecule has 0 bridgehead atoms. The third-order valence-electron chi connectivity index (χ3n) is 3.72. The summed E-state index contributed by atoms with van der Waals surface area (Å²) in [5.41, 5.74) is 3.28. The van der Waals surface area contributed by atoms with Crippen LogP contribution in [0.5, 0.6) is 0 Å². The van der Waals surface area contributed by atoms with Gasteiger partial charge in [0.2, 0.25) is 0 Å². The summed E-state index contributed by atoms with van der Waals surface area (Å²) in [7, 11) is 0. The highest BCUT2D eigenvalue weighted by molar-refractivity contribution is 7.99. The number of rotatable bonds is 5. The predicted octanol–water partition coefficient (Wildman–Crippen LogP) is 2.97. The van der Waals surface area contributed by atoms with Crippen molar-refractivity contribution in [2.75, 3.05) is 17.0 Å². The van der Waals surface area contributed by atoms with Crippen molar-refractivity contribution in [3.63, 3.8) is 0 Å². The molecular formula is C13H20N4O2S. The number of hydrogen-bond acceptors (Lipinski definition) is 6. The monoisotopic (exact) mass is 296 g/mol. The first kappa shape index (κ1) is 14.9. The van der Waals surface area contributed by atoms with Gasteiger partial charge >= 0.3 is 5.69 Å². The molecule has 2 rings (SSSR count). The van der Waals surface area contributed by atoms with Crippen LogP contribution in [-0.4, -0.2) is 22.5 Å². The number of nitrogens with zero attached hydrogens (tertiary/aromatic N) is 1. The van der Waals surface area contributed by atoms with E-state index in [1.54, 1.807) is 18.2 Å². The Bertz CT molecular complexity index is 483. The van der Waals surface area contributed by atoms with E-state index < -0.39 is 4.92 Å². The molecule has 0 amide bonds. The lowest BCUT2D eigenvalue weighted by molar-refractivity contribution is -0.383. The van der Waals surface area contributed by atoms with Crippen LogP contribution >= 0.6 is 11.8 Å². The highest BCUT2D eigenvalue weighted by Crippen LogP contribution is 2.36. The summed E-state index contributed by atoms with van der Waals surface area (Å²) in [5, 5.41) is 15.1. The van der Waals surface area contributed by atoms with E-state index in [1.807, 2.05) is 11.8 Å². The summed E-state index contributed by atoms with van der Waals surface area (Å²) in [4.78, 5) is 10.9. The van der Waals surface area contributed by atoms with Gasteiger partial charge in [-0.1, -0.05) is 18.9 Å². The Hall–Kier alpha value is -1.47.